The molecule has 0 heterocycles. The van der Waals surface area contributed by atoms with Crippen molar-refractivity contribution >= 4 is 11.9 Å². The molecule has 1 atom stereocenters. The lowest BCUT2D eigenvalue weighted by molar-refractivity contribution is -0.123. The Morgan fingerprint density at radius 1 is 1.19 bits per heavy atom. The van der Waals surface area contributed by atoms with E-state index in [1.807, 2.05) is 26.0 Å². The smallest absolute Gasteiger partial charge is 0.315 e. The second-order valence-corrected chi connectivity index (χ2v) is 5.64. The lowest BCUT2D eigenvalue weighted by Gasteiger charge is -2.15. The normalized spacial score (nSPS) is 16.4. The van der Waals surface area contributed by atoms with Crippen LogP contribution in [0.25, 0.3) is 0 Å². The Hall–Kier alpha value is -2.04. The molecular weight excluding hydrogens is 266 g/mol. The largest absolute Gasteiger partial charge is 0.354 e. The lowest BCUT2D eigenvalue weighted by Crippen LogP contribution is -2.41. The van der Waals surface area contributed by atoms with Crippen LogP contribution in [-0.2, 0) is 11.2 Å². The molecule has 0 fully saturated rings. The van der Waals surface area contributed by atoms with Gasteiger partial charge in [0, 0.05) is 19.0 Å². The maximum atomic E-state index is 11.9. The van der Waals surface area contributed by atoms with E-state index in [1.165, 1.54) is 11.1 Å². The minimum Gasteiger partial charge on any atom is -0.354 e. The van der Waals surface area contributed by atoms with Crippen molar-refractivity contribution in [2.75, 3.05) is 13.1 Å². The predicted molar refractivity (Wildman–Crippen MR) is 81.9 cm³/mol. The number of nitrogens with one attached hydrogen (secondary N) is 3. The Bertz CT molecular complexity index is 514. The fourth-order valence-electron chi connectivity index (χ4n) is 2.48. The van der Waals surface area contributed by atoms with Gasteiger partial charge in [-0.15, -0.1) is 0 Å². The molecule has 2 rings (SSSR count). The van der Waals surface area contributed by atoms with Crippen molar-refractivity contribution < 1.29 is 9.59 Å². The lowest BCUT2D eigenvalue weighted by atomic mass is 10.1. The first kappa shape index (κ1) is 15.4. The molecule has 1 aromatic rings. The van der Waals surface area contributed by atoms with E-state index in [4.69, 9.17) is 0 Å². The van der Waals surface area contributed by atoms with Crippen LogP contribution in [0.3, 0.4) is 0 Å². The summed E-state index contributed by atoms with van der Waals surface area (Å²) in [7, 11) is 0. The summed E-state index contributed by atoms with van der Waals surface area (Å²) < 4.78 is 0. The van der Waals surface area contributed by atoms with E-state index in [1.54, 1.807) is 0 Å². The zero-order chi connectivity index (χ0) is 15.2. The summed E-state index contributed by atoms with van der Waals surface area (Å²) in [5.41, 5.74) is 2.52. The Labute approximate surface area is 125 Å². The summed E-state index contributed by atoms with van der Waals surface area (Å²) in [6.07, 6.45) is 1.95. The molecule has 3 N–H and O–H groups in total. The van der Waals surface area contributed by atoms with E-state index in [0.717, 1.165) is 12.8 Å². The van der Waals surface area contributed by atoms with Crippen molar-refractivity contribution in [1.82, 2.24) is 16.0 Å². The van der Waals surface area contributed by atoms with Gasteiger partial charge >= 0.3 is 6.03 Å². The van der Waals surface area contributed by atoms with Crippen LogP contribution in [0.15, 0.2) is 24.3 Å². The molecular formula is C16H23N3O2. The first-order valence-corrected chi connectivity index (χ1v) is 7.48. The molecule has 0 bridgehead atoms. The highest BCUT2D eigenvalue weighted by atomic mass is 16.2. The number of rotatable bonds is 5. The van der Waals surface area contributed by atoms with Crippen LogP contribution in [0, 0.1) is 5.92 Å². The second-order valence-electron chi connectivity index (χ2n) is 5.64. The highest BCUT2D eigenvalue weighted by molar-refractivity contribution is 5.78. The summed E-state index contributed by atoms with van der Waals surface area (Å²) >= 11 is 0. The Balaban J connectivity index is 1.70. The van der Waals surface area contributed by atoms with Crippen molar-refractivity contribution in [2.45, 2.75) is 32.7 Å². The monoisotopic (exact) mass is 289 g/mol. The number of hydrogen-bond donors (Lipinski definition) is 3. The SMILES string of the molecule is CC(C)C(=O)NCCNC(=O)N[C@H]1CCc2ccccc21. The van der Waals surface area contributed by atoms with Gasteiger partial charge in [-0.1, -0.05) is 38.1 Å². The van der Waals surface area contributed by atoms with Crippen LogP contribution < -0.4 is 16.0 Å². The van der Waals surface area contributed by atoms with Crippen LogP contribution in [0.2, 0.25) is 0 Å². The van der Waals surface area contributed by atoms with Gasteiger partial charge in [-0.25, -0.2) is 4.79 Å². The van der Waals surface area contributed by atoms with Crippen LogP contribution in [0.5, 0.6) is 0 Å². The Kier molecular flexibility index (Phi) is 5.20. The molecule has 1 aliphatic rings. The molecule has 1 aliphatic carbocycles. The Morgan fingerprint density at radius 2 is 1.90 bits per heavy atom. The standard InChI is InChI=1S/C16H23N3O2/c1-11(2)15(20)17-9-10-18-16(21)19-14-8-7-12-5-3-4-6-13(12)14/h3-6,11,14H,7-10H2,1-2H3,(H,17,20)(H2,18,19,21)/t14-/m0/s1. The van der Waals surface area contributed by atoms with Gasteiger partial charge in [-0.2, -0.15) is 0 Å². The van der Waals surface area contributed by atoms with Crippen molar-refractivity contribution in [3.63, 3.8) is 0 Å². The molecule has 0 saturated heterocycles. The zero-order valence-electron chi connectivity index (χ0n) is 12.6. The van der Waals surface area contributed by atoms with Gasteiger partial charge in [0.2, 0.25) is 5.91 Å². The van der Waals surface area contributed by atoms with Crippen LogP contribution in [0.1, 0.15) is 37.4 Å². The number of benzene rings is 1. The number of fused-ring (bicyclic) bond motifs is 1. The van der Waals surface area contributed by atoms with E-state index in [-0.39, 0.29) is 23.9 Å². The summed E-state index contributed by atoms with van der Waals surface area (Å²) in [5.74, 6) is -0.0317. The Morgan fingerprint density at radius 3 is 2.67 bits per heavy atom. The fourth-order valence-corrected chi connectivity index (χ4v) is 2.48. The average Bonchev–Trinajstić information content (AvgIpc) is 2.86. The summed E-state index contributed by atoms with van der Waals surface area (Å²) in [4.78, 5) is 23.2. The molecule has 0 unspecified atom stereocenters. The summed E-state index contributed by atoms with van der Waals surface area (Å²) in [6.45, 7) is 4.56. The molecule has 0 saturated carbocycles. The van der Waals surface area contributed by atoms with Crippen LogP contribution >= 0.6 is 0 Å². The van der Waals surface area contributed by atoms with E-state index >= 15 is 0 Å². The number of carbonyl (C=O) groups excluding carboxylic acids is 2. The molecule has 0 aromatic heterocycles. The molecule has 5 nitrogen and oxygen atoms in total. The molecule has 0 radical (unpaired) electrons. The van der Waals surface area contributed by atoms with Gasteiger partial charge in [-0.05, 0) is 24.0 Å². The third-order valence-electron chi connectivity index (χ3n) is 3.67. The van der Waals surface area contributed by atoms with Gasteiger partial charge in [0.1, 0.15) is 0 Å². The zero-order valence-corrected chi connectivity index (χ0v) is 12.6. The minimum atomic E-state index is -0.185. The molecule has 1 aromatic carbocycles. The highest BCUT2D eigenvalue weighted by Crippen LogP contribution is 2.30. The number of aryl methyl sites for hydroxylation is 1. The summed E-state index contributed by atoms with van der Waals surface area (Å²) in [5, 5.41) is 8.52. The topological polar surface area (TPSA) is 70.2 Å². The van der Waals surface area contributed by atoms with E-state index in [9.17, 15) is 9.59 Å². The number of urea groups is 1. The van der Waals surface area contributed by atoms with Gasteiger partial charge in [-0.3, -0.25) is 4.79 Å². The maximum Gasteiger partial charge on any atom is 0.315 e. The molecule has 21 heavy (non-hydrogen) atoms. The van der Waals surface area contributed by atoms with Gasteiger partial charge in [0.05, 0.1) is 6.04 Å². The van der Waals surface area contributed by atoms with Crippen molar-refractivity contribution in [2.24, 2.45) is 5.92 Å². The second kappa shape index (κ2) is 7.11. The molecule has 0 aliphatic heterocycles. The molecule has 114 valence electrons. The third kappa shape index (κ3) is 4.21. The predicted octanol–water partition coefficient (Wildman–Crippen LogP) is 1.75. The van der Waals surface area contributed by atoms with E-state index in [0.29, 0.717) is 13.1 Å². The first-order chi connectivity index (χ1) is 10.1. The third-order valence-corrected chi connectivity index (χ3v) is 3.67. The number of amides is 3. The van der Waals surface area contributed by atoms with Crippen molar-refractivity contribution in [1.29, 1.82) is 0 Å². The fraction of sp³-hybridized carbons (Fsp3) is 0.500. The van der Waals surface area contributed by atoms with Crippen LogP contribution in [-0.4, -0.2) is 25.0 Å². The van der Waals surface area contributed by atoms with Gasteiger partial charge in [0.25, 0.3) is 0 Å². The molecule has 0 spiro atoms. The quantitative estimate of drug-likeness (QED) is 0.723. The highest BCUT2D eigenvalue weighted by Gasteiger charge is 2.23. The van der Waals surface area contributed by atoms with Gasteiger partial charge < -0.3 is 16.0 Å². The average molecular weight is 289 g/mol. The van der Waals surface area contributed by atoms with Crippen LogP contribution in [0.4, 0.5) is 4.79 Å². The minimum absolute atomic E-state index is 0.00179. The van der Waals surface area contributed by atoms with Crippen molar-refractivity contribution in [3.8, 4) is 0 Å². The number of carbonyl (C=O) groups is 2. The van der Waals surface area contributed by atoms with E-state index < -0.39 is 0 Å². The maximum absolute atomic E-state index is 11.9. The first-order valence-electron chi connectivity index (χ1n) is 7.48. The van der Waals surface area contributed by atoms with Crippen molar-refractivity contribution in [3.05, 3.63) is 35.4 Å². The van der Waals surface area contributed by atoms with E-state index in [2.05, 4.69) is 28.1 Å². The molecule has 5 heteroatoms. The molecule has 3 amide bonds. The van der Waals surface area contributed by atoms with Gasteiger partial charge in [0.15, 0.2) is 0 Å². The number of hydrogen-bond acceptors (Lipinski definition) is 2. The summed E-state index contributed by atoms with van der Waals surface area (Å²) in [6, 6.07) is 8.10.